The maximum absolute atomic E-state index is 12.8. The van der Waals surface area contributed by atoms with Crippen molar-refractivity contribution in [2.24, 2.45) is 0 Å². The number of nitrogens with zero attached hydrogens (tertiary/aromatic N) is 2. The Labute approximate surface area is 152 Å². The second-order valence-electron chi connectivity index (χ2n) is 6.62. The summed E-state index contributed by atoms with van der Waals surface area (Å²) in [4.78, 5) is 20.2. The summed E-state index contributed by atoms with van der Waals surface area (Å²) >= 11 is 1.72. The van der Waals surface area contributed by atoms with Crippen LogP contribution < -0.4 is 0 Å². The van der Waals surface area contributed by atoms with E-state index in [9.17, 15) is 4.79 Å². The fourth-order valence-electron chi connectivity index (χ4n) is 3.46. The van der Waals surface area contributed by atoms with Gasteiger partial charge in [-0.15, -0.1) is 11.8 Å². The minimum absolute atomic E-state index is 0.0465. The third-order valence-corrected chi connectivity index (χ3v) is 6.19. The van der Waals surface area contributed by atoms with Gasteiger partial charge in [0.1, 0.15) is 0 Å². The highest BCUT2D eigenvalue weighted by Gasteiger charge is 2.33. The predicted octanol–water partition coefficient (Wildman–Crippen LogP) is 3.31. The van der Waals surface area contributed by atoms with E-state index in [4.69, 9.17) is 4.74 Å². The molecule has 3 heterocycles. The zero-order valence-electron chi connectivity index (χ0n) is 14.1. The molecule has 5 heteroatoms. The number of ether oxygens (including phenoxy) is 1. The number of aromatic nitrogens is 1. The van der Waals surface area contributed by atoms with Crippen LogP contribution in [0.25, 0.3) is 0 Å². The number of fused-ring (bicyclic) bond motifs is 1. The van der Waals surface area contributed by atoms with E-state index >= 15 is 0 Å². The number of hydrogen-bond acceptors (Lipinski definition) is 4. The topological polar surface area (TPSA) is 42.4 Å². The van der Waals surface area contributed by atoms with Gasteiger partial charge in [-0.25, -0.2) is 0 Å². The van der Waals surface area contributed by atoms with Gasteiger partial charge in [-0.05, 0) is 42.5 Å². The third-order valence-electron chi connectivity index (χ3n) is 4.88. The van der Waals surface area contributed by atoms with Crippen LogP contribution in [-0.2, 0) is 22.6 Å². The van der Waals surface area contributed by atoms with Crippen LogP contribution in [-0.4, -0.2) is 40.2 Å². The number of benzene rings is 1. The summed E-state index contributed by atoms with van der Waals surface area (Å²) in [5.74, 6) is 0.284. The van der Waals surface area contributed by atoms with Gasteiger partial charge in [0.2, 0.25) is 5.91 Å². The summed E-state index contributed by atoms with van der Waals surface area (Å²) in [6.45, 7) is 2.19. The molecule has 4 nitrogen and oxygen atoms in total. The summed E-state index contributed by atoms with van der Waals surface area (Å²) in [6.07, 6.45) is 6.53. The predicted molar refractivity (Wildman–Crippen MR) is 98.4 cm³/mol. The first-order chi connectivity index (χ1) is 12.3. The fraction of sp³-hybridized carbons (Fsp3) is 0.400. The van der Waals surface area contributed by atoms with Crippen molar-refractivity contribution in [3.8, 4) is 0 Å². The van der Waals surface area contributed by atoms with E-state index in [0.717, 1.165) is 37.9 Å². The number of piperidine rings is 1. The molecule has 4 rings (SSSR count). The van der Waals surface area contributed by atoms with Gasteiger partial charge in [-0.1, -0.05) is 24.3 Å². The van der Waals surface area contributed by atoms with Gasteiger partial charge in [-0.3, -0.25) is 9.78 Å². The average Bonchev–Trinajstić information content (AvgIpc) is 3.11. The Morgan fingerprint density at radius 2 is 2.04 bits per heavy atom. The summed E-state index contributed by atoms with van der Waals surface area (Å²) in [7, 11) is 0. The molecular formula is C20H22N2O2S. The Balaban J connectivity index is 1.25. The van der Waals surface area contributed by atoms with Crippen molar-refractivity contribution in [1.82, 2.24) is 9.88 Å². The number of thioether (sulfide) groups is 1. The monoisotopic (exact) mass is 354 g/mol. The zero-order valence-corrected chi connectivity index (χ0v) is 15.0. The number of carbonyl (C=O) groups is 1. The quantitative estimate of drug-likeness (QED) is 0.845. The lowest BCUT2D eigenvalue weighted by molar-refractivity contribution is -0.133. The van der Waals surface area contributed by atoms with Gasteiger partial charge < -0.3 is 9.64 Å². The molecule has 0 aliphatic carbocycles. The number of likely N-dealkylation sites (tertiary alicyclic amines) is 1. The van der Waals surface area contributed by atoms with E-state index in [1.807, 2.05) is 29.3 Å². The molecule has 0 unspecified atom stereocenters. The summed E-state index contributed by atoms with van der Waals surface area (Å²) in [5, 5.41) is 0.0465. The standard InChI is InChI=1S/C20H22N2O2S/c23-20(19-12-16-5-1-2-6-18(16)25-19)22-10-7-17(8-11-22)24-14-15-4-3-9-21-13-15/h1-6,9,13,17,19H,7-8,10-12,14H2/t19-/m1/s1. The first-order valence-electron chi connectivity index (χ1n) is 8.83. The van der Waals surface area contributed by atoms with E-state index in [2.05, 4.69) is 23.2 Å². The van der Waals surface area contributed by atoms with E-state index in [1.54, 1.807) is 18.0 Å². The van der Waals surface area contributed by atoms with Crippen LogP contribution in [0.4, 0.5) is 0 Å². The van der Waals surface area contributed by atoms with Crippen LogP contribution in [0.1, 0.15) is 24.0 Å². The number of amides is 1. The highest BCUT2D eigenvalue weighted by Crippen LogP contribution is 2.37. The van der Waals surface area contributed by atoms with E-state index in [-0.39, 0.29) is 17.3 Å². The fourth-order valence-corrected chi connectivity index (χ4v) is 4.74. The molecule has 2 aliphatic rings. The second kappa shape index (κ2) is 7.58. The molecule has 25 heavy (non-hydrogen) atoms. The molecule has 0 bridgehead atoms. The molecule has 0 radical (unpaired) electrons. The Morgan fingerprint density at radius 3 is 2.80 bits per heavy atom. The minimum Gasteiger partial charge on any atom is -0.373 e. The smallest absolute Gasteiger partial charge is 0.236 e. The van der Waals surface area contributed by atoms with Gasteiger partial charge in [0.25, 0.3) is 0 Å². The molecule has 1 saturated heterocycles. The van der Waals surface area contributed by atoms with Gasteiger partial charge in [0, 0.05) is 30.4 Å². The highest BCUT2D eigenvalue weighted by atomic mass is 32.2. The number of carbonyl (C=O) groups excluding carboxylic acids is 1. The average molecular weight is 354 g/mol. The second-order valence-corrected chi connectivity index (χ2v) is 7.86. The number of rotatable bonds is 4. The van der Waals surface area contributed by atoms with E-state index in [0.29, 0.717) is 6.61 Å². The maximum atomic E-state index is 12.8. The Morgan fingerprint density at radius 1 is 1.20 bits per heavy atom. The Bertz CT molecular complexity index is 704. The zero-order chi connectivity index (χ0) is 17.1. The van der Waals surface area contributed by atoms with Crippen LogP contribution in [0.5, 0.6) is 0 Å². The number of pyridine rings is 1. The van der Waals surface area contributed by atoms with Crippen molar-refractivity contribution in [3.05, 3.63) is 59.9 Å². The molecule has 2 aliphatic heterocycles. The lowest BCUT2D eigenvalue weighted by Crippen LogP contribution is -2.44. The largest absolute Gasteiger partial charge is 0.373 e. The van der Waals surface area contributed by atoms with Crippen molar-refractivity contribution in [2.45, 2.75) is 42.1 Å². The van der Waals surface area contributed by atoms with E-state index < -0.39 is 0 Å². The Hall–Kier alpha value is -1.85. The molecule has 1 aromatic carbocycles. The summed E-state index contributed by atoms with van der Waals surface area (Å²) in [5.41, 5.74) is 2.40. The van der Waals surface area contributed by atoms with E-state index in [1.165, 1.54) is 10.5 Å². The molecule has 0 spiro atoms. The first-order valence-corrected chi connectivity index (χ1v) is 9.71. The van der Waals surface area contributed by atoms with Gasteiger partial charge in [0.05, 0.1) is 18.0 Å². The van der Waals surface area contributed by atoms with Crippen molar-refractivity contribution in [2.75, 3.05) is 13.1 Å². The highest BCUT2D eigenvalue weighted by molar-refractivity contribution is 8.01. The van der Waals surface area contributed by atoms with Crippen molar-refractivity contribution in [1.29, 1.82) is 0 Å². The lowest BCUT2D eigenvalue weighted by atomic mass is 10.1. The molecular weight excluding hydrogens is 332 g/mol. The maximum Gasteiger partial charge on any atom is 0.236 e. The molecule has 1 atom stereocenters. The molecule has 1 amide bonds. The molecule has 1 aromatic heterocycles. The van der Waals surface area contributed by atoms with Crippen LogP contribution in [0, 0.1) is 0 Å². The molecule has 1 fully saturated rings. The van der Waals surface area contributed by atoms with Crippen molar-refractivity contribution >= 4 is 17.7 Å². The molecule has 0 saturated carbocycles. The normalized spacial score (nSPS) is 20.5. The molecule has 130 valence electrons. The minimum atomic E-state index is 0.0465. The Kier molecular flexibility index (Phi) is 5.04. The third kappa shape index (κ3) is 3.88. The number of hydrogen-bond donors (Lipinski definition) is 0. The summed E-state index contributed by atoms with van der Waals surface area (Å²) < 4.78 is 5.99. The first kappa shape index (κ1) is 16.6. The molecule has 0 N–H and O–H groups in total. The van der Waals surface area contributed by atoms with Crippen LogP contribution >= 0.6 is 11.8 Å². The summed E-state index contributed by atoms with van der Waals surface area (Å²) in [6, 6.07) is 12.3. The van der Waals surface area contributed by atoms with Crippen LogP contribution in [0.15, 0.2) is 53.7 Å². The van der Waals surface area contributed by atoms with Gasteiger partial charge >= 0.3 is 0 Å². The van der Waals surface area contributed by atoms with Crippen molar-refractivity contribution < 1.29 is 9.53 Å². The SMILES string of the molecule is O=C([C@H]1Cc2ccccc2S1)N1CCC(OCc2cccnc2)CC1. The van der Waals surface area contributed by atoms with Gasteiger partial charge in [0.15, 0.2) is 0 Å². The molecule has 2 aromatic rings. The van der Waals surface area contributed by atoms with Gasteiger partial charge in [-0.2, -0.15) is 0 Å². The lowest BCUT2D eigenvalue weighted by Gasteiger charge is -2.33. The van der Waals surface area contributed by atoms with Crippen LogP contribution in [0.3, 0.4) is 0 Å². The van der Waals surface area contributed by atoms with Crippen molar-refractivity contribution in [3.63, 3.8) is 0 Å². The van der Waals surface area contributed by atoms with Crippen LogP contribution in [0.2, 0.25) is 0 Å².